The van der Waals surface area contributed by atoms with Gasteiger partial charge in [-0.1, -0.05) is 35.9 Å². The zero-order valence-electron chi connectivity index (χ0n) is 19.4. The highest BCUT2D eigenvalue weighted by atomic mass is 32.2. The van der Waals surface area contributed by atoms with Crippen molar-refractivity contribution in [1.82, 2.24) is 5.32 Å². The normalized spacial score (nSPS) is 12.3. The number of rotatable bonds is 6. The van der Waals surface area contributed by atoms with E-state index in [4.69, 9.17) is 0 Å². The van der Waals surface area contributed by atoms with Gasteiger partial charge in [0.05, 0.1) is 10.9 Å². The van der Waals surface area contributed by atoms with Crippen molar-refractivity contribution in [2.24, 2.45) is 0 Å². The SMILES string of the molecule is Cc1cc(C)cc(NS(=O)(=O)c2cc(C(=O)N[C@H](C)c3ccc(C)cc3C)ccc2C)c1. The maximum Gasteiger partial charge on any atom is 0.262 e. The molecule has 1 atom stereocenters. The van der Waals surface area contributed by atoms with Gasteiger partial charge in [-0.05, 0) is 93.6 Å². The van der Waals surface area contributed by atoms with Gasteiger partial charge in [-0.2, -0.15) is 0 Å². The van der Waals surface area contributed by atoms with Crippen LogP contribution in [-0.4, -0.2) is 14.3 Å². The van der Waals surface area contributed by atoms with Crippen molar-refractivity contribution in [3.8, 4) is 0 Å². The van der Waals surface area contributed by atoms with Crippen molar-refractivity contribution in [3.63, 3.8) is 0 Å². The number of carbonyl (C=O) groups excluding carboxylic acids is 1. The predicted octanol–water partition coefficient (Wildman–Crippen LogP) is 5.52. The minimum absolute atomic E-state index is 0.0866. The molecule has 0 aromatic heterocycles. The van der Waals surface area contributed by atoms with Gasteiger partial charge in [0.1, 0.15) is 0 Å². The second-order valence-corrected chi connectivity index (χ2v) is 10.2. The number of sulfonamides is 1. The number of carbonyl (C=O) groups is 1. The summed E-state index contributed by atoms with van der Waals surface area (Å²) in [6, 6.07) is 16.2. The van der Waals surface area contributed by atoms with Crippen LogP contribution in [-0.2, 0) is 10.0 Å². The van der Waals surface area contributed by atoms with E-state index < -0.39 is 10.0 Å². The molecule has 0 heterocycles. The lowest BCUT2D eigenvalue weighted by Crippen LogP contribution is -2.27. The van der Waals surface area contributed by atoms with Gasteiger partial charge in [0.15, 0.2) is 0 Å². The molecule has 0 radical (unpaired) electrons. The first-order valence-corrected chi connectivity index (χ1v) is 12.0. The Kier molecular flexibility index (Phi) is 6.74. The van der Waals surface area contributed by atoms with Crippen LogP contribution in [0.15, 0.2) is 59.5 Å². The third-order valence-electron chi connectivity index (χ3n) is 5.45. The van der Waals surface area contributed by atoms with E-state index in [9.17, 15) is 13.2 Å². The highest BCUT2D eigenvalue weighted by Gasteiger charge is 2.21. The van der Waals surface area contributed by atoms with Crippen molar-refractivity contribution >= 4 is 21.6 Å². The lowest BCUT2D eigenvalue weighted by Gasteiger charge is -2.18. The van der Waals surface area contributed by atoms with Gasteiger partial charge in [0.25, 0.3) is 15.9 Å². The second-order valence-electron chi connectivity index (χ2n) is 8.52. The average molecular weight is 451 g/mol. The summed E-state index contributed by atoms with van der Waals surface area (Å²) >= 11 is 0. The molecule has 32 heavy (non-hydrogen) atoms. The van der Waals surface area contributed by atoms with Crippen LogP contribution in [0, 0.1) is 34.6 Å². The fourth-order valence-corrected chi connectivity index (χ4v) is 5.26. The quantitative estimate of drug-likeness (QED) is 0.519. The van der Waals surface area contributed by atoms with E-state index in [1.165, 1.54) is 6.07 Å². The molecule has 2 N–H and O–H groups in total. The highest BCUT2D eigenvalue weighted by molar-refractivity contribution is 7.92. The molecular weight excluding hydrogens is 420 g/mol. The summed E-state index contributed by atoms with van der Waals surface area (Å²) in [5.74, 6) is -0.319. The Bertz CT molecular complexity index is 1260. The molecule has 3 aromatic carbocycles. The van der Waals surface area contributed by atoms with Crippen LogP contribution >= 0.6 is 0 Å². The molecule has 0 bridgehead atoms. The minimum Gasteiger partial charge on any atom is -0.346 e. The van der Waals surface area contributed by atoms with E-state index in [0.717, 1.165) is 27.8 Å². The molecule has 5 nitrogen and oxygen atoms in total. The number of benzene rings is 3. The van der Waals surface area contributed by atoms with Crippen molar-refractivity contribution in [2.45, 2.75) is 52.5 Å². The maximum absolute atomic E-state index is 13.1. The zero-order valence-corrected chi connectivity index (χ0v) is 20.2. The molecule has 0 spiro atoms. The summed E-state index contributed by atoms with van der Waals surface area (Å²) < 4.78 is 28.8. The highest BCUT2D eigenvalue weighted by Crippen LogP contribution is 2.24. The second kappa shape index (κ2) is 9.17. The van der Waals surface area contributed by atoms with Crippen molar-refractivity contribution in [2.75, 3.05) is 4.72 Å². The number of amides is 1. The number of hydrogen-bond acceptors (Lipinski definition) is 3. The summed E-state index contributed by atoms with van der Waals surface area (Å²) in [5.41, 5.74) is 6.59. The Morgan fingerprint density at radius 1 is 0.781 bits per heavy atom. The molecule has 1 amide bonds. The first kappa shape index (κ1) is 23.5. The Morgan fingerprint density at radius 3 is 2.06 bits per heavy atom. The van der Waals surface area contributed by atoms with E-state index in [1.807, 2.05) is 52.8 Å². The Hall–Kier alpha value is -3.12. The summed E-state index contributed by atoms with van der Waals surface area (Å²) in [4.78, 5) is 13.0. The fourth-order valence-electron chi connectivity index (χ4n) is 3.94. The molecule has 3 aromatic rings. The van der Waals surface area contributed by atoms with E-state index in [0.29, 0.717) is 16.8 Å². The van der Waals surface area contributed by atoms with Gasteiger partial charge < -0.3 is 5.32 Å². The molecule has 0 aliphatic carbocycles. The zero-order chi connectivity index (χ0) is 23.6. The van der Waals surface area contributed by atoms with Crippen LogP contribution in [0.5, 0.6) is 0 Å². The van der Waals surface area contributed by atoms with Crippen LogP contribution in [0.3, 0.4) is 0 Å². The first-order chi connectivity index (χ1) is 15.0. The Balaban J connectivity index is 1.86. The molecule has 0 saturated carbocycles. The molecule has 3 rings (SSSR count). The summed E-state index contributed by atoms with van der Waals surface area (Å²) in [7, 11) is -3.86. The number of nitrogens with one attached hydrogen (secondary N) is 2. The van der Waals surface area contributed by atoms with E-state index in [-0.39, 0.29) is 16.8 Å². The fraction of sp³-hybridized carbons (Fsp3) is 0.269. The Labute approximate surface area is 190 Å². The molecule has 0 saturated heterocycles. The molecule has 0 fully saturated rings. The van der Waals surface area contributed by atoms with Gasteiger partial charge in [0, 0.05) is 11.3 Å². The third kappa shape index (κ3) is 5.37. The van der Waals surface area contributed by atoms with Crippen molar-refractivity contribution in [3.05, 3.63) is 93.5 Å². The van der Waals surface area contributed by atoms with E-state index in [1.54, 1.807) is 31.2 Å². The van der Waals surface area contributed by atoms with E-state index in [2.05, 4.69) is 16.1 Å². The van der Waals surface area contributed by atoms with Gasteiger partial charge in [-0.25, -0.2) is 8.42 Å². The topological polar surface area (TPSA) is 75.3 Å². The average Bonchev–Trinajstić information content (AvgIpc) is 2.66. The van der Waals surface area contributed by atoms with Crippen molar-refractivity contribution in [1.29, 1.82) is 0 Å². The molecule has 0 unspecified atom stereocenters. The Morgan fingerprint density at radius 2 is 1.44 bits per heavy atom. The lowest BCUT2D eigenvalue weighted by molar-refractivity contribution is 0.0939. The van der Waals surface area contributed by atoms with Gasteiger partial charge >= 0.3 is 0 Å². The standard InChI is InChI=1S/C26H30N2O3S/c1-16-7-10-24(20(5)12-16)21(6)27-26(29)22-9-8-19(4)25(15-22)32(30,31)28-23-13-17(2)11-18(3)14-23/h7-15,21,28H,1-6H3,(H,27,29)/t21-/m1/s1. The molecule has 0 aliphatic rings. The van der Waals surface area contributed by atoms with E-state index >= 15 is 0 Å². The van der Waals surface area contributed by atoms with Gasteiger partial charge in [-0.15, -0.1) is 0 Å². The number of aryl methyl sites for hydroxylation is 5. The van der Waals surface area contributed by atoms with Gasteiger partial charge in [0.2, 0.25) is 0 Å². The predicted molar refractivity (Wildman–Crippen MR) is 130 cm³/mol. The molecular formula is C26H30N2O3S. The van der Waals surface area contributed by atoms with Crippen LogP contribution in [0.1, 0.15) is 56.7 Å². The number of anilines is 1. The third-order valence-corrected chi connectivity index (χ3v) is 6.98. The molecule has 0 aliphatic heterocycles. The molecule has 6 heteroatoms. The molecule has 168 valence electrons. The monoisotopic (exact) mass is 450 g/mol. The van der Waals surface area contributed by atoms with Crippen molar-refractivity contribution < 1.29 is 13.2 Å². The largest absolute Gasteiger partial charge is 0.346 e. The maximum atomic E-state index is 13.1. The smallest absolute Gasteiger partial charge is 0.262 e. The minimum atomic E-state index is -3.86. The number of hydrogen-bond donors (Lipinski definition) is 2. The van der Waals surface area contributed by atoms with Crippen LogP contribution in [0.4, 0.5) is 5.69 Å². The van der Waals surface area contributed by atoms with Gasteiger partial charge in [-0.3, -0.25) is 9.52 Å². The first-order valence-electron chi connectivity index (χ1n) is 10.6. The summed E-state index contributed by atoms with van der Waals surface area (Å²) in [6.45, 7) is 11.5. The summed E-state index contributed by atoms with van der Waals surface area (Å²) in [6.07, 6.45) is 0. The van der Waals surface area contributed by atoms with Crippen LogP contribution < -0.4 is 10.0 Å². The van der Waals surface area contributed by atoms with Crippen LogP contribution in [0.25, 0.3) is 0 Å². The van der Waals surface area contributed by atoms with Crippen LogP contribution in [0.2, 0.25) is 0 Å². The lowest BCUT2D eigenvalue weighted by atomic mass is 10.00. The summed E-state index contributed by atoms with van der Waals surface area (Å²) in [5, 5.41) is 2.98.